The molecule has 15 heavy (non-hydrogen) atoms. The van der Waals surface area contributed by atoms with Crippen molar-refractivity contribution in [2.75, 3.05) is 0 Å². The van der Waals surface area contributed by atoms with Gasteiger partial charge >= 0.3 is 0 Å². The van der Waals surface area contributed by atoms with Crippen LogP contribution in [0.5, 0.6) is 0 Å². The van der Waals surface area contributed by atoms with Crippen LogP contribution in [0.3, 0.4) is 0 Å². The van der Waals surface area contributed by atoms with E-state index in [2.05, 4.69) is 10.3 Å². The van der Waals surface area contributed by atoms with Crippen molar-refractivity contribution in [2.45, 2.75) is 6.04 Å². The number of carbonyl (C=O) groups excluding carboxylic acids is 1. The molecule has 0 aromatic heterocycles. The van der Waals surface area contributed by atoms with Gasteiger partial charge in [0.2, 0.25) is 0 Å². The van der Waals surface area contributed by atoms with Crippen LogP contribution in [0.25, 0.3) is 0 Å². The van der Waals surface area contributed by atoms with E-state index < -0.39 is 23.6 Å². The predicted octanol–water partition coefficient (Wildman–Crippen LogP) is 0.450. The molecule has 0 bridgehead atoms. The zero-order chi connectivity index (χ0) is 11.0. The molecule has 1 amide bonds. The first-order valence-corrected chi connectivity index (χ1v) is 4.17. The van der Waals surface area contributed by atoms with Crippen LogP contribution < -0.4 is 11.1 Å². The SMILES string of the molecule is NC1=NC(c2c(F)cccc2F)C(=O)N1. The van der Waals surface area contributed by atoms with E-state index in [1.54, 1.807) is 0 Å². The van der Waals surface area contributed by atoms with E-state index in [-0.39, 0.29) is 11.5 Å². The maximum atomic E-state index is 13.3. The number of aliphatic imine (C=N–C) groups is 1. The highest BCUT2D eigenvalue weighted by Gasteiger charge is 2.31. The van der Waals surface area contributed by atoms with Crippen LogP contribution in [0.4, 0.5) is 8.78 Å². The van der Waals surface area contributed by atoms with Crippen LogP contribution in [0.15, 0.2) is 23.2 Å². The van der Waals surface area contributed by atoms with Crippen molar-refractivity contribution >= 4 is 11.9 Å². The van der Waals surface area contributed by atoms with Gasteiger partial charge in [-0.25, -0.2) is 13.8 Å². The van der Waals surface area contributed by atoms with E-state index in [1.165, 1.54) is 6.07 Å². The van der Waals surface area contributed by atoms with Gasteiger partial charge in [-0.05, 0) is 12.1 Å². The van der Waals surface area contributed by atoms with E-state index in [9.17, 15) is 13.6 Å². The molecule has 6 heteroatoms. The van der Waals surface area contributed by atoms with Gasteiger partial charge in [-0.15, -0.1) is 0 Å². The third kappa shape index (κ3) is 1.54. The van der Waals surface area contributed by atoms with Gasteiger partial charge in [0.1, 0.15) is 11.6 Å². The lowest BCUT2D eigenvalue weighted by Gasteiger charge is -2.07. The molecule has 0 radical (unpaired) electrons. The Bertz CT molecular complexity index is 438. The number of nitrogens with two attached hydrogens (primary N) is 1. The number of nitrogens with zero attached hydrogens (tertiary/aromatic N) is 1. The Morgan fingerprint density at radius 2 is 1.93 bits per heavy atom. The van der Waals surface area contributed by atoms with Crippen molar-refractivity contribution in [1.29, 1.82) is 0 Å². The van der Waals surface area contributed by atoms with E-state index >= 15 is 0 Å². The molecular weight excluding hydrogens is 204 g/mol. The average Bonchev–Trinajstić information content (AvgIpc) is 2.45. The largest absolute Gasteiger partial charge is 0.370 e. The lowest BCUT2D eigenvalue weighted by atomic mass is 10.1. The molecule has 0 saturated heterocycles. The molecule has 0 fully saturated rings. The normalized spacial score (nSPS) is 20.0. The zero-order valence-corrected chi connectivity index (χ0v) is 7.50. The quantitative estimate of drug-likeness (QED) is 0.708. The van der Waals surface area contributed by atoms with Crippen LogP contribution in [0.2, 0.25) is 0 Å². The van der Waals surface area contributed by atoms with Crippen LogP contribution in [0, 0.1) is 11.6 Å². The van der Waals surface area contributed by atoms with Crippen molar-refractivity contribution in [2.24, 2.45) is 10.7 Å². The molecule has 78 valence electrons. The number of hydrogen-bond acceptors (Lipinski definition) is 3. The molecule has 1 aliphatic rings. The molecule has 1 atom stereocenters. The van der Waals surface area contributed by atoms with Gasteiger partial charge in [-0.2, -0.15) is 0 Å². The third-order valence-electron chi connectivity index (χ3n) is 2.04. The number of halogens is 2. The standard InChI is InChI=1S/C9H7F2N3O/c10-4-2-1-3-5(11)6(4)7-8(15)14-9(12)13-7/h1-3,7H,(H3,12,13,14,15). The van der Waals surface area contributed by atoms with Crippen molar-refractivity contribution < 1.29 is 13.6 Å². The van der Waals surface area contributed by atoms with Crippen LogP contribution in [-0.2, 0) is 4.79 Å². The maximum absolute atomic E-state index is 13.3. The number of nitrogens with one attached hydrogen (secondary N) is 1. The summed E-state index contributed by atoms with van der Waals surface area (Å²) in [5.41, 5.74) is 4.85. The van der Waals surface area contributed by atoms with Crippen molar-refractivity contribution in [1.82, 2.24) is 5.32 Å². The molecule has 0 spiro atoms. The molecule has 1 aliphatic heterocycles. The average molecular weight is 211 g/mol. The summed E-state index contributed by atoms with van der Waals surface area (Å²) in [6.07, 6.45) is 0. The molecule has 3 N–H and O–H groups in total. The smallest absolute Gasteiger partial charge is 0.256 e. The Balaban J connectivity index is 2.50. The van der Waals surface area contributed by atoms with E-state index in [4.69, 9.17) is 5.73 Å². The Hall–Kier alpha value is -1.98. The topological polar surface area (TPSA) is 67.5 Å². The molecule has 1 heterocycles. The maximum Gasteiger partial charge on any atom is 0.256 e. The van der Waals surface area contributed by atoms with Crippen LogP contribution in [-0.4, -0.2) is 11.9 Å². The lowest BCUT2D eigenvalue weighted by molar-refractivity contribution is -0.120. The highest BCUT2D eigenvalue weighted by Crippen LogP contribution is 2.25. The first-order chi connectivity index (χ1) is 7.09. The lowest BCUT2D eigenvalue weighted by Crippen LogP contribution is -2.31. The number of carbonyl (C=O) groups is 1. The summed E-state index contributed by atoms with van der Waals surface area (Å²) >= 11 is 0. The summed E-state index contributed by atoms with van der Waals surface area (Å²) in [7, 11) is 0. The molecule has 4 nitrogen and oxygen atoms in total. The molecule has 2 rings (SSSR count). The van der Waals surface area contributed by atoms with Gasteiger partial charge in [0.15, 0.2) is 12.0 Å². The molecule has 1 unspecified atom stereocenters. The summed E-state index contributed by atoms with van der Waals surface area (Å²) in [6, 6.07) is 2.12. The molecule has 0 aliphatic carbocycles. The van der Waals surface area contributed by atoms with Gasteiger partial charge in [0.25, 0.3) is 5.91 Å². The van der Waals surface area contributed by atoms with Gasteiger partial charge < -0.3 is 5.73 Å². The molecule has 1 aromatic carbocycles. The van der Waals surface area contributed by atoms with E-state index in [1.807, 2.05) is 0 Å². The highest BCUT2D eigenvalue weighted by molar-refractivity contribution is 6.04. The van der Waals surface area contributed by atoms with Crippen molar-refractivity contribution in [3.8, 4) is 0 Å². The Morgan fingerprint density at radius 1 is 1.33 bits per heavy atom. The van der Waals surface area contributed by atoms with Gasteiger partial charge in [-0.3, -0.25) is 10.1 Å². The van der Waals surface area contributed by atoms with E-state index in [0.29, 0.717) is 0 Å². The monoisotopic (exact) mass is 211 g/mol. The second kappa shape index (κ2) is 3.30. The van der Waals surface area contributed by atoms with Gasteiger partial charge in [0.05, 0.1) is 5.56 Å². The number of guanidine groups is 1. The summed E-state index contributed by atoms with van der Waals surface area (Å²) in [6.45, 7) is 0. The minimum absolute atomic E-state index is 0.132. The van der Waals surface area contributed by atoms with E-state index in [0.717, 1.165) is 12.1 Å². The van der Waals surface area contributed by atoms with Crippen LogP contribution >= 0.6 is 0 Å². The van der Waals surface area contributed by atoms with Crippen molar-refractivity contribution in [3.63, 3.8) is 0 Å². The minimum Gasteiger partial charge on any atom is -0.370 e. The molecule has 1 aromatic rings. The fourth-order valence-corrected chi connectivity index (χ4v) is 1.39. The molecule has 0 saturated carbocycles. The Kier molecular flexibility index (Phi) is 2.11. The summed E-state index contributed by atoms with van der Waals surface area (Å²) < 4.78 is 26.5. The second-order valence-electron chi connectivity index (χ2n) is 3.04. The number of rotatable bonds is 1. The molecular formula is C9H7F2N3O. The minimum atomic E-state index is -1.23. The predicted molar refractivity (Wildman–Crippen MR) is 48.9 cm³/mol. The summed E-state index contributed by atoms with van der Waals surface area (Å²) in [5.74, 6) is -2.38. The Morgan fingerprint density at radius 3 is 2.40 bits per heavy atom. The summed E-state index contributed by atoms with van der Waals surface area (Å²) in [5, 5.41) is 2.18. The van der Waals surface area contributed by atoms with Crippen LogP contribution in [0.1, 0.15) is 11.6 Å². The number of amides is 1. The summed E-state index contributed by atoms with van der Waals surface area (Å²) in [4.78, 5) is 14.9. The number of benzene rings is 1. The number of hydrogen-bond donors (Lipinski definition) is 2. The Labute approximate surface area is 83.8 Å². The fraction of sp³-hybridized carbons (Fsp3) is 0.111. The zero-order valence-electron chi connectivity index (χ0n) is 7.50. The highest BCUT2D eigenvalue weighted by atomic mass is 19.1. The first kappa shape index (κ1) is 9.57. The van der Waals surface area contributed by atoms with Gasteiger partial charge in [-0.1, -0.05) is 6.07 Å². The fourth-order valence-electron chi connectivity index (χ4n) is 1.39. The first-order valence-electron chi connectivity index (χ1n) is 4.17. The second-order valence-corrected chi connectivity index (χ2v) is 3.04. The van der Waals surface area contributed by atoms with Gasteiger partial charge in [0, 0.05) is 0 Å². The third-order valence-corrected chi connectivity index (χ3v) is 2.04. The van der Waals surface area contributed by atoms with Crippen molar-refractivity contribution in [3.05, 3.63) is 35.4 Å².